The summed E-state index contributed by atoms with van der Waals surface area (Å²) in [6.45, 7) is 1.42. The van der Waals surface area contributed by atoms with Crippen LogP contribution >= 0.6 is 11.6 Å². The van der Waals surface area contributed by atoms with Gasteiger partial charge < -0.3 is 4.74 Å². The lowest BCUT2D eigenvalue weighted by Gasteiger charge is -2.06. The van der Waals surface area contributed by atoms with Crippen LogP contribution in [0, 0.1) is 16.7 Å². The van der Waals surface area contributed by atoms with Gasteiger partial charge in [0.15, 0.2) is 6.61 Å². The molecule has 0 bridgehead atoms. The Balaban J connectivity index is 2.09. The third-order valence-electron chi connectivity index (χ3n) is 2.24. The predicted molar refractivity (Wildman–Crippen MR) is 68.6 cm³/mol. The quantitative estimate of drug-likeness (QED) is 0.621. The average Bonchev–Trinajstić information content (AvgIpc) is 2.38. The predicted octanol–water partition coefficient (Wildman–Crippen LogP) is 3.84. The minimum Gasteiger partial charge on any atom is -0.480 e. The van der Waals surface area contributed by atoms with Gasteiger partial charge in [-0.1, -0.05) is 35.9 Å². The number of nitro benzene ring substituents is 1. The van der Waals surface area contributed by atoms with E-state index < -0.39 is 4.92 Å². The van der Waals surface area contributed by atoms with Crippen molar-refractivity contribution in [3.8, 4) is 5.75 Å². The maximum atomic E-state index is 10.6. The van der Waals surface area contributed by atoms with Crippen molar-refractivity contribution in [2.24, 2.45) is 0 Å². The van der Waals surface area contributed by atoms with Crippen molar-refractivity contribution >= 4 is 17.3 Å². The van der Waals surface area contributed by atoms with E-state index in [1.807, 2.05) is 0 Å². The van der Waals surface area contributed by atoms with Crippen LogP contribution in [-0.2, 0) is 0 Å². The summed E-state index contributed by atoms with van der Waals surface area (Å²) in [5.41, 5.74) is 0.621. The van der Waals surface area contributed by atoms with E-state index >= 15 is 0 Å². The van der Waals surface area contributed by atoms with Gasteiger partial charge in [-0.2, -0.15) is 0 Å². The van der Waals surface area contributed by atoms with Gasteiger partial charge in [-0.05, 0) is 12.1 Å². The van der Waals surface area contributed by atoms with Crippen molar-refractivity contribution in [2.75, 3.05) is 0 Å². The van der Waals surface area contributed by atoms with Crippen LogP contribution in [0.5, 0.6) is 5.75 Å². The largest absolute Gasteiger partial charge is 0.480 e. The molecule has 0 aromatic heterocycles. The normalized spacial score (nSPS) is 10.1. The van der Waals surface area contributed by atoms with Crippen LogP contribution in [0.2, 0.25) is 5.02 Å². The highest BCUT2D eigenvalue weighted by atomic mass is 35.5. The molecule has 2 rings (SSSR count). The molecule has 0 unspecified atom stereocenters. The van der Waals surface area contributed by atoms with Crippen molar-refractivity contribution in [1.82, 2.24) is 0 Å². The minimum atomic E-state index is -0.452. The smallest absolute Gasteiger partial charge is 0.269 e. The highest BCUT2D eigenvalue weighted by Crippen LogP contribution is 2.25. The van der Waals surface area contributed by atoms with Crippen molar-refractivity contribution < 1.29 is 9.66 Å². The molecule has 0 N–H and O–H groups in total. The van der Waals surface area contributed by atoms with Gasteiger partial charge in [-0.15, -0.1) is 0 Å². The number of hydrogen-bond acceptors (Lipinski definition) is 3. The Morgan fingerprint density at radius 3 is 2.67 bits per heavy atom. The summed E-state index contributed by atoms with van der Waals surface area (Å²) >= 11 is 5.92. The van der Waals surface area contributed by atoms with E-state index in [0.29, 0.717) is 16.3 Å². The van der Waals surface area contributed by atoms with Gasteiger partial charge in [-0.3, -0.25) is 10.1 Å². The Bertz CT molecular complexity index is 572. The zero-order valence-corrected chi connectivity index (χ0v) is 10.0. The van der Waals surface area contributed by atoms with Crippen LogP contribution < -0.4 is 4.74 Å². The maximum absolute atomic E-state index is 10.6. The van der Waals surface area contributed by atoms with E-state index in [1.165, 1.54) is 18.7 Å². The summed E-state index contributed by atoms with van der Waals surface area (Å²) in [5.74, 6) is 0.505. The Morgan fingerprint density at radius 1 is 1.17 bits per heavy atom. The molecule has 5 heteroatoms. The van der Waals surface area contributed by atoms with E-state index in [1.54, 1.807) is 36.4 Å². The number of para-hydroxylation sites is 1. The third kappa shape index (κ3) is 2.99. The average molecular weight is 263 g/mol. The van der Waals surface area contributed by atoms with Gasteiger partial charge >= 0.3 is 0 Å². The van der Waals surface area contributed by atoms with Crippen LogP contribution in [0.3, 0.4) is 0 Å². The molecule has 0 atom stereocenters. The van der Waals surface area contributed by atoms with Gasteiger partial charge in [0.2, 0.25) is 0 Å². The molecule has 2 aromatic carbocycles. The zero-order chi connectivity index (χ0) is 13.0. The molecular weight excluding hydrogens is 254 g/mol. The molecule has 0 saturated carbocycles. The summed E-state index contributed by atoms with van der Waals surface area (Å²) in [7, 11) is 0. The number of nitro groups is 1. The van der Waals surface area contributed by atoms with Gasteiger partial charge in [0.05, 0.1) is 9.95 Å². The molecule has 0 spiro atoms. The number of ether oxygens (including phenoxy) is 1. The van der Waals surface area contributed by atoms with Crippen LogP contribution in [0.1, 0.15) is 5.56 Å². The van der Waals surface area contributed by atoms with Crippen molar-refractivity contribution in [1.29, 1.82) is 0 Å². The molecular formula is C13H9ClNO3. The first-order chi connectivity index (χ1) is 8.66. The standard InChI is InChI=1S/C13H9ClNO3/c14-12-6-1-2-7-13(12)18-9-10-4-3-5-11(8-10)15(16)17/h1-9H. The molecule has 0 aliphatic rings. The van der Waals surface area contributed by atoms with E-state index in [4.69, 9.17) is 16.3 Å². The SMILES string of the molecule is O=[N+]([O-])c1cccc([CH]Oc2ccccc2Cl)c1. The first-order valence-corrected chi connectivity index (χ1v) is 5.53. The van der Waals surface area contributed by atoms with Crippen molar-refractivity contribution in [3.63, 3.8) is 0 Å². The van der Waals surface area contributed by atoms with Gasteiger partial charge in [0.25, 0.3) is 5.69 Å². The number of halogens is 1. The Hall–Kier alpha value is -2.07. The van der Waals surface area contributed by atoms with Gasteiger partial charge in [-0.25, -0.2) is 0 Å². The fraction of sp³-hybridized carbons (Fsp3) is 0. The van der Waals surface area contributed by atoms with E-state index in [-0.39, 0.29) is 5.69 Å². The maximum Gasteiger partial charge on any atom is 0.269 e. The monoisotopic (exact) mass is 262 g/mol. The highest BCUT2D eigenvalue weighted by molar-refractivity contribution is 6.32. The Kier molecular flexibility index (Phi) is 3.79. The van der Waals surface area contributed by atoms with Gasteiger partial charge in [0.1, 0.15) is 5.75 Å². The third-order valence-corrected chi connectivity index (χ3v) is 2.55. The molecule has 4 nitrogen and oxygen atoms in total. The first-order valence-electron chi connectivity index (χ1n) is 5.15. The zero-order valence-electron chi connectivity index (χ0n) is 9.25. The number of rotatable bonds is 4. The van der Waals surface area contributed by atoms with Crippen LogP contribution in [-0.4, -0.2) is 4.92 Å². The molecule has 0 aliphatic heterocycles. The Labute approximate surface area is 109 Å². The van der Waals surface area contributed by atoms with Gasteiger partial charge in [0, 0.05) is 17.7 Å². The molecule has 0 saturated heterocycles. The molecule has 18 heavy (non-hydrogen) atoms. The fourth-order valence-corrected chi connectivity index (χ4v) is 1.56. The molecule has 0 heterocycles. The van der Waals surface area contributed by atoms with Crippen molar-refractivity contribution in [2.45, 2.75) is 0 Å². The fourth-order valence-electron chi connectivity index (χ4n) is 1.38. The number of hydrogen-bond donors (Lipinski definition) is 0. The van der Waals surface area contributed by atoms with Crippen LogP contribution in [0.25, 0.3) is 0 Å². The van der Waals surface area contributed by atoms with Crippen LogP contribution in [0.15, 0.2) is 48.5 Å². The van der Waals surface area contributed by atoms with E-state index in [9.17, 15) is 10.1 Å². The lowest BCUT2D eigenvalue weighted by molar-refractivity contribution is -0.384. The summed E-state index contributed by atoms with van der Waals surface area (Å²) in [6.07, 6.45) is 0. The highest BCUT2D eigenvalue weighted by Gasteiger charge is 2.07. The second-order valence-electron chi connectivity index (χ2n) is 3.52. The Morgan fingerprint density at radius 2 is 1.94 bits per heavy atom. The molecule has 0 amide bonds. The minimum absolute atomic E-state index is 0.0199. The first kappa shape index (κ1) is 12.4. The lowest BCUT2D eigenvalue weighted by Crippen LogP contribution is -1.94. The molecule has 0 aliphatic carbocycles. The van der Waals surface area contributed by atoms with Crippen molar-refractivity contribution in [3.05, 3.63) is 75.8 Å². The van der Waals surface area contributed by atoms with E-state index in [0.717, 1.165) is 0 Å². The molecule has 0 fully saturated rings. The summed E-state index contributed by atoms with van der Waals surface area (Å²) in [6, 6.07) is 13.2. The molecule has 91 valence electrons. The second-order valence-corrected chi connectivity index (χ2v) is 3.93. The molecule has 1 radical (unpaired) electrons. The molecule has 2 aromatic rings. The van der Waals surface area contributed by atoms with Crippen LogP contribution in [0.4, 0.5) is 5.69 Å². The number of non-ortho nitro benzene ring substituents is 1. The number of benzene rings is 2. The topological polar surface area (TPSA) is 52.4 Å². The summed E-state index contributed by atoms with van der Waals surface area (Å²) in [5, 5.41) is 11.1. The number of nitrogens with zero attached hydrogens (tertiary/aromatic N) is 1. The lowest BCUT2D eigenvalue weighted by atomic mass is 10.2. The van der Waals surface area contributed by atoms with E-state index in [2.05, 4.69) is 0 Å². The summed E-state index contributed by atoms with van der Waals surface area (Å²) < 4.78 is 5.38. The second kappa shape index (κ2) is 5.51. The summed E-state index contributed by atoms with van der Waals surface area (Å²) in [4.78, 5) is 10.2.